The van der Waals surface area contributed by atoms with Crippen LogP contribution in [0.4, 0.5) is 4.39 Å². The van der Waals surface area contributed by atoms with Gasteiger partial charge in [-0.2, -0.15) is 0 Å². The van der Waals surface area contributed by atoms with Crippen molar-refractivity contribution in [2.45, 2.75) is 25.4 Å². The van der Waals surface area contributed by atoms with E-state index >= 15 is 0 Å². The summed E-state index contributed by atoms with van der Waals surface area (Å²) in [5.74, 6) is -1.04. The van der Waals surface area contributed by atoms with Gasteiger partial charge in [-0.05, 0) is 31.5 Å². The largest absolute Gasteiger partial charge is 0.329 e. The van der Waals surface area contributed by atoms with Gasteiger partial charge in [0.1, 0.15) is 5.82 Å². The molecule has 0 aromatic heterocycles. The Morgan fingerprint density at radius 2 is 1.95 bits per heavy atom. The van der Waals surface area contributed by atoms with Crippen molar-refractivity contribution in [2.24, 2.45) is 5.73 Å². The van der Waals surface area contributed by atoms with Crippen molar-refractivity contribution in [3.8, 4) is 0 Å². The van der Waals surface area contributed by atoms with E-state index in [-0.39, 0.29) is 36.8 Å². The number of halogens is 1. The number of benzene rings is 1. The molecule has 1 atom stereocenters. The Morgan fingerprint density at radius 1 is 1.35 bits per heavy atom. The van der Waals surface area contributed by atoms with Crippen molar-refractivity contribution in [3.05, 3.63) is 35.6 Å². The normalized spacial score (nSPS) is 20.6. The number of nitrogens with one attached hydrogen (secondary N) is 1. The molecule has 2 rings (SSSR count). The first-order valence-electron chi connectivity index (χ1n) is 6.43. The van der Waals surface area contributed by atoms with Crippen LogP contribution in [0.2, 0.25) is 0 Å². The Kier molecular flexibility index (Phi) is 3.87. The van der Waals surface area contributed by atoms with E-state index in [2.05, 4.69) is 5.32 Å². The zero-order valence-corrected chi connectivity index (χ0v) is 11.5. The minimum Gasteiger partial charge on any atom is -0.329 e. The van der Waals surface area contributed by atoms with Crippen LogP contribution in [0.25, 0.3) is 0 Å². The lowest BCUT2D eigenvalue weighted by Gasteiger charge is -2.44. The van der Waals surface area contributed by atoms with Crippen molar-refractivity contribution in [1.82, 2.24) is 10.2 Å². The van der Waals surface area contributed by atoms with Gasteiger partial charge in [-0.3, -0.25) is 19.8 Å². The van der Waals surface area contributed by atoms with Crippen LogP contribution >= 0.6 is 0 Å². The number of amides is 2. The summed E-state index contributed by atoms with van der Waals surface area (Å²) in [5.41, 5.74) is 5.73. The molecule has 1 unspecified atom stereocenters. The number of hydrogen-bond donors (Lipinski definition) is 2. The molecular formula is C14H18FN3O2. The Balaban J connectivity index is 2.36. The Bertz CT molecular complexity index is 528. The average Bonchev–Trinajstić information content (AvgIpc) is 2.38. The van der Waals surface area contributed by atoms with Gasteiger partial charge in [0.05, 0.1) is 12.1 Å². The lowest BCUT2D eigenvalue weighted by molar-refractivity contribution is -0.147. The van der Waals surface area contributed by atoms with E-state index in [0.29, 0.717) is 0 Å². The van der Waals surface area contributed by atoms with Crippen LogP contribution in [0.1, 0.15) is 25.5 Å². The van der Waals surface area contributed by atoms with Crippen LogP contribution in [0.3, 0.4) is 0 Å². The second kappa shape index (κ2) is 5.30. The van der Waals surface area contributed by atoms with E-state index in [9.17, 15) is 14.0 Å². The second-order valence-corrected chi connectivity index (χ2v) is 5.37. The van der Waals surface area contributed by atoms with Gasteiger partial charge in [-0.15, -0.1) is 0 Å². The Hall–Kier alpha value is -1.79. The predicted molar refractivity (Wildman–Crippen MR) is 72.1 cm³/mol. The van der Waals surface area contributed by atoms with Crippen LogP contribution in [0.5, 0.6) is 0 Å². The smallest absolute Gasteiger partial charge is 0.246 e. The molecule has 20 heavy (non-hydrogen) atoms. The van der Waals surface area contributed by atoms with Crippen LogP contribution in [0, 0.1) is 5.82 Å². The van der Waals surface area contributed by atoms with Crippen LogP contribution < -0.4 is 11.1 Å². The molecule has 1 heterocycles. The first kappa shape index (κ1) is 14.6. The summed E-state index contributed by atoms with van der Waals surface area (Å²) in [6.45, 7) is 3.79. The third kappa shape index (κ3) is 2.57. The molecule has 0 saturated carbocycles. The maximum atomic E-state index is 13.0. The van der Waals surface area contributed by atoms with Crippen molar-refractivity contribution >= 4 is 11.8 Å². The van der Waals surface area contributed by atoms with Gasteiger partial charge >= 0.3 is 0 Å². The average molecular weight is 279 g/mol. The van der Waals surface area contributed by atoms with Gasteiger partial charge in [0.15, 0.2) is 0 Å². The number of rotatable bonds is 3. The molecule has 1 aromatic carbocycles. The van der Waals surface area contributed by atoms with E-state index in [1.165, 1.54) is 12.1 Å². The molecule has 1 aliphatic heterocycles. The summed E-state index contributed by atoms with van der Waals surface area (Å²) in [4.78, 5) is 25.3. The van der Waals surface area contributed by atoms with Crippen molar-refractivity contribution < 1.29 is 14.0 Å². The van der Waals surface area contributed by atoms with Gasteiger partial charge in [0.25, 0.3) is 0 Å². The molecule has 1 fully saturated rings. The van der Waals surface area contributed by atoms with Gasteiger partial charge in [-0.25, -0.2) is 4.39 Å². The molecule has 0 bridgehead atoms. The maximum Gasteiger partial charge on any atom is 0.246 e. The van der Waals surface area contributed by atoms with Crippen LogP contribution in [-0.2, 0) is 9.59 Å². The van der Waals surface area contributed by atoms with Crippen LogP contribution in [0.15, 0.2) is 24.3 Å². The van der Waals surface area contributed by atoms with E-state index in [1.807, 2.05) is 0 Å². The first-order chi connectivity index (χ1) is 9.36. The lowest BCUT2D eigenvalue weighted by Crippen LogP contribution is -2.65. The van der Waals surface area contributed by atoms with Crippen molar-refractivity contribution in [3.63, 3.8) is 0 Å². The quantitative estimate of drug-likeness (QED) is 0.793. The predicted octanol–water partition coefficient (Wildman–Crippen LogP) is 0.563. The zero-order chi connectivity index (χ0) is 14.9. The summed E-state index contributed by atoms with van der Waals surface area (Å²) < 4.78 is 13.0. The number of carbonyl (C=O) groups excluding carboxylic acids is 2. The minimum absolute atomic E-state index is 0.0813. The Morgan fingerprint density at radius 3 is 2.50 bits per heavy atom. The molecule has 0 radical (unpaired) electrons. The molecular weight excluding hydrogens is 261 g/mol. The third-order valence-corrected chi connectivity index (χ3v) is 3.69. The molecule has 2 amide bonds. The molecule has 5 nitrogen and oxygen atoms in total. The molecule has 0 spiro atoms. The minimum atomic E-state index is -0.855. The molecule has 6 heteroatoms. The summed E-state index contributed by atoms with van der Waals surface area (Å²) in [7, 11) is 0. The standard InChI is InChI=1S/C14H18FN3O2/c1-14(2)13(20)17-12(19)8-18(14)11(7-16)9-3-5-10(15)6-4-9/h3-6,11H,7-8,16H2,1-2H3,(H,17,19,20). The van der Waals surface area contributed by atoms with Crippen LogP contribution in [-0.4, -0.2) is 35.3 Å². The Labute approximate surface area is 116 Å². The summed E-state index contributed by atoms with van der Waals surface area (Å²) >= 11 is 0. The number of piperazine rings is 1. The summed E-state index contributed by atoms with van der Waals surface area (Å²) in [6.07, 6.45) is 0. The first-order valence-corrected chi connectivity index (χ1v) is 6.43. The SMILES string of the molecule is CC1(C)C(=O)NC(=O)CN1C(CN)c1ccc(F)cc1. The number of nitrogens with two attached hydrogens (primary N) is 1. The molecule has 1 aliphatic rings. The molecule has 1 saturated heterocycles. The van der Waals surface area contributed by atoms with Gasteiger partial charge < -0.3 is 5.73 Å². The van der Waals surface area contributed by atoms with E-state index < -0.39 is 5.54 Å². The van der Waals surface area contributed by atoms with E-state index in [1.54, 1.807) is 30.9 Å². The van der Waals surface area contributed by atoms with E-state index in [4.69, 9.17) is 5.73 Å². The fraction of sp³-hybridized carbons (Fsp3) is 0.429. The van der Waals surface area contributed by atoms with Crippen molar-refractivity contribution in [2.75, 3.05) is 13.1 Å². The molecule has 0 aliphatic carbocycles. The maximum absolute atomic E-state index is 13.0. The zero-order valence-electron chi connectivity index (χ0n) is 11.5. The van der Waals surface area contributed by atoms with Gasteiger partial charge in [-0.1, -0.05) is 12.1 Å². The molecule has 3 N–H and O–H groups in total. The highest BCUT2D eigenvalue weighted by Crippen LogP contribution is 2.29. The number of hydrogen-bond acceptors (Lipinski definition) is 4. The van der Waals surface area contributed by atoms with Gasteiger partial charge in [0, 0.05) is 12.6 Å². The summed E-state index contributed by atoms with van der Waals surface area (Å²) in [6, 6.07) is 5.62. The number of carbonyl (C=O) groups is 2. The monoisotopic (exact) mass is 279 g/mol. The highest BCUT2D eigenvalue weighted by Gasteiger charge is 2.44. The highest BCUT2D eigenvalue weighted by molar-refractivity contribution is 6.03. The summed E-state index contributed by atoms with van der Waals surface area (Å²) in [5, 5.41) is 2.32. The fourth-order valence-corrected chi connectivity index (χ4v) is 2.43. The fourth-order valence-electron chi connectivity index (χ4n) is 2.43. The van der Waals surface area contributed by atoms with E-state index in [0.717, 1.165) is 5.56 Å². The third-order valence-electron chi connectivity index (χ3n) is 3.69. The second-order valence-electron chi connectivity index (χ2n) is 5.37. The van der Waals surface area contributed by atoms with Gasteiger partial charge in [0.2, 0.25) is 11.8 Å². The molecule has 1 aromatic rings. The lowest BCUT2D eigenvalue weighted by atomic mass is 9.93. The topological polar surface area (TPSA) is 75.4 Å². The number of nitrogens with zero attached hydrogens (tertiary/aromatic N) is 1. The highest BCUT2D eigenvalue weighted by atomic mass is 19.1. The van der Waals surface area contributed by atoms with Crippen molar-refractivity contribution in [1.29, 1.82) is 0 Å². The number of imide groups is 1. The molecule has 108 valence electrons.